The smallest absolute Gasteiger partial charge is 0.318 e. The maximum atomic E-state index is 13.1. The lowest BCUT2D eigenvalue weighted by Gasteiger charge is -2.25. The minimum atomic E-state index is -1.02. The summed E-state index contributed by atoms with van der Waals surface area (Å²) in [5, 5.41) is 0. The average molecular weight is 361 g/mol. The van der Waals surface area contributed by atoms with E-state index in [1.807, 2.05) is 30.3 Å². The van der Waals surface area contributed by atoms with E-state index in [2.05, 4.69) is 0 Å². The first-order valence-electron chi connectivity index (χ1n) is 8.74. The quantitative estimate of drug-likeness (QED) is 0.584. The van der Waals surface area contributed by atoms with Gasteiger partial charge in [-0.3, -0.25) is 14.4 Å². The lowest BCUT2D eigenvalue weighted by atomic mass is 9.80. The molecule has 2 aliphatic rings. The molecule has 0 N–H and O–H groups in total. The van der Waals surface area contributed by atoms with E-state index in [-0.39, 0.29) is 25.2 Å². The van der Waals surface area contributed by atoms with Crippen LogP contribution in [0.5, 0.6) is 0 Å². The number of rotatable bonds is 5. The molecule has 0 radical (unpaired) electrons. The summed E-state index contributed by atoms with van der Waals surface area (Å²) in [5.41, 5.74) is 0.831. The van der Waals surface area contributed by atoms with E-state index in [1.165, 1.54) is 7.11 Å². The van der Waals surface area contributed by atoms with Crippen molar-refractivity contribution in [1.82, 2.24) is 4.90 Å². The molecule has 0 saturated carbocycles. The van der Waals surface area contributed by atoms with Gasteiger partial charge in [-0.15, -0.1) is 0 Å². The molecule has 26 heavy (non-hydrogen) atoms. The monoisotopic (exact) mass is 361 g/mol. The van der Waals surface area contributed by atoms with Crippen LogP contribution < -0.4 is 0 Å². The second-order valence-corrected chi connectivity index (χ2v) is 6.53. The van der Waals surface area contributed by atoms with Crippen molar-refractivity contribution in [2.75, 3.05) is 20.3 Å². The zero-order chi connectivity index (χ0) is 18.8. The highest BCUT2D eigenvalue weighted by Gasteiger charge is 2.60. The molecule has 2 saturated heterocycles. The van der Waals surface area contributed by atoms with Crippen molar-refractivity contribution in [3.8, 4) is 0 Å². The third-order valence-corrected chi connectivity index (χ3v) is 5.16. The van der Waals surface area contributed by atoms with E-state index in [0.29, 0.717) is 0 Å². The second kappa shape index (κ2) is 7.45. The molecule has 3 rings (SSSR count). The van der Waals surface area contributed by atoms with Gasteiger partial charge in [-0.05, 0) is 6.92 Å². The summed E-state index contributed by atoms with van der Waals surface area (Å²) in [7, 11) is 1.30. The predicted molar refractivity (Wildman–Crippen MR) is 90.6 cm³/mol. The van der Waals surface area contributed by atoms with Gasteiger partial charge in [0.2, 0.25) is 5.91 Å². The number of hydrogen-bond acceptors (Lipinski definition) is 6. The Morgan fingerprint density at radius 2 is 2.00 bits per heavy atom. The Bertz CT molecular complexity index is 691. The Morgan fingerprint density at radius 3 is 2.62 bits per heavy atom. The van der Waals surface area contributed by atoms with Gasteiger partial charge in [-0.2, -0.15) is 0 Å². The highest BCUT2D eigenvalue weighted by atomic mass is 16.5. The van der Waals surface area contributed by atoms with E-state index in [4.69, 9.17) is 14.2 Å². The number of carbonyl (C=O) groups excluding carboxylic acids is 3. The van der Waals surface area contributed by atoms with Gasteiger partial charge in [0.05, 0.1) is 32.3 Å². The SMILES string of the molecule is CCOC(=O)[C@@H]1C(=O)N2[C@@H](c3ccccc3)OC[C@@H]2[C@H]1[C@@H](C)C(=O)OC. The van der Waals surface area contributed by atoms with Crippen LogP contribution in [-0.2, 0) is 28.6 Å². The number of hydrogen-bond donors (Lipinski definition) is 0. The van der Waals surface area contributed by atoms with Crippen LogP contribution in [0.15, 0.2) is 30.3 Å². The number of carbonyl (C=O) groups is 3. The summed E-state index contributed by atoms with van der Waals surface area (Å²) in [6, 6.07) is 8.98. The molecule has 0 bridgehead atoms. The predicted octanol–water partition coefficient (Wildman–Crippen LogP) is 1.53. The molecule has 7 nitrogen and oxygen atoms in total. The molecule has 0 aliphatic carbocycles. The Kier molecular flexibility index (Phi) is 5.27. The first kappa shape index (κ1) is 18.4. The first-order chi connectivity index (χ1) is 12.5. The molecular weight excluding hydrogens is 338 g/mol. The summed E-state index contributed by atoms with van der Waals surface area (Å²) in [5.74, 6) is -3.62. The Labute approximate surface area is 152 Å². The van der Waals surface area contributed by atoms with Gasteiger partial charge >= 0.3 is 11.9 Å². The fourth-order valence-electron chi connectivity index (χ4n) is 3.98. The fraction of sp³-hybridized carbons (Fsp3) is 0.526. The van der Waals surface area contributed by atoms with Gasteiger partial charge in [0.1, 0.15) is 5.92 Å². The van der Waals surface area contributed by atoms with Gasteiger partial charge in [0.15, 0.2) is 6.23 Å². The summed E-state index contributed by atoms with van der Waals surface area (Å²) in [6.07, 6.45) is -0.569. The number of amides is 1. The molecular formula is C19H23NO6. The molecule has 5 atom stereocenters. The Morgan fingerprint density at radius 1 is 1.31 bits per heavy atom. The van der Waals surface area contributed by atoms with Crippen LogP contribution in [0.25, 0.3) is 0 Å². The third-order valence-electron chi connectivity index (χ3n) is 5.16. The van der Waals surface area contributed by atoms with Gasteiger partial charge in [-0.1, -0.05) is 37.3 Å². The minimum absolute atomic E-state index is 0.172. The minimum Gasteiger partial charge on any atom is -0.469 e. The van der Waals surface area contributed by atoms with Crippen LogP contribution in [0.1, 0.15) is 25.6 Å². The van der Waals surface area contributed by atoms with Crippen LogP contribution in [-0.4, -0.2) is 49.1 Å². The van der Waals surface area contributed by atoms with Gasteiger partial charge in [0.25, 0.3) is 0 Å². The summed E-state index contributed by atoms with van der Waals surface area (Å²) < 4.78 is 15.8. The number of fused-ring (bicyclic) bond motifs is 1. The second-order valence-electron chi connectivity index (χ2n) is 6.53. The van der Waals surface area contributed by atoms with Crippen molar-refractivity contribution in [3.05, 3.63) is 35.9 Å². The maximum Gasteiger partial charge on any atom is 0.318 e. The summed E-state index contributed by atoms with van der Waals surface area (Å²) >= 11 is 0. The molecule has 1 aromatic rings. The normalized spacial score (nSPS) is 28.6. The Balaban J connectivity index is 1.96. The van der Waals surface area contributed by atoms with E-state index in [0.717, 1.165) is 5.56 Å². The van der Waals surface area contributed by atoms with E-state index < -0.39 is 35.9 Å². The maximum absolute atomic E-state index is 13.1. The number of benzene rings is 1. The standard InChI is InChI=1S/C19H23NO6/c1-4-25-19(23)15-14(11(2)18(22)24-3)13-10-26-17(20(13)16(15)21)12-8-6-5-7-9-12/h5-9,11,13-15,17H,4,10H2,1-3H3/t11-,13-,14-,15+,17-/m1/s1. The van der Waals surface area contributed by atoms with Crippen molar-refractivity contribution < 1.29 is 28.6 Å². The van der Waals surface area contributed by atoms with E-state index in [9.17, 15) is 14.4 Å². The van der Waals surface area contributed by atoms with Crippen molar-refractivity contribution in [2.24, 2.45) is 17.8 Å². The van der Waals surface area contributed by atoms with Crippen LogP contribution in [0.4, 0.5) is 0 Å². The number of methoxy groups -OCH3 is 1. The molecule has 0 aromatic heterocycles. The van der Waals surface area contributed by atoms with Gasteiger partial charge in [-0.25, -0.2) is 0 Å². The van der Waals surface area contributed by atoms with Crippen molar-refractivity contribution >= 4 is 17.8 Å². The van der Waals surface area contributed by atoms with Crippen molar-refractivity contribution in [2.45, 2.75) is 26.1 Å². The van der Waals surface area contributed by atoms with Gasteiger partial charge < -0.3 is 19.1 Å². The zero-order valence-electron chi connectivity index (χ0n) is 15.1. The zero-order valence-corrected chi connectivity index (χ0v) is 15.1. The van der Waals surface area contributed by atoms with Crippen LogP contribution in [0.3, 0.4) is 0 Å². The summed E-state index contributed by atoms with van der Waals surface area (Å²) in [6.45, 7) is 3.79. The topological polar surface area (TPSA) is 82.1 Å². The molecule has 2 fully saturated rings. The largest absolute Gasteiger partial charge is 0.469 e. The number of nitrogens with zero attached hydrogens (tertiary/aromatic N) is 1. The molecule has 2 aliphatic heterocycles. The fourth-order valence-corrected chi connectivity index (χ4v) is 3.98. The highest BCUT2D eigenvalue weighted by molar-refractivity contribution is 6.01. The molecule has 0 spiro atoms. The van der Waals surface area contributed by atoms with Crippen molar-refractivity contribution in [1.29, 1.82) is 0 Å². The van der Waals surface area contributed by atoms with Crippen LogP contribution >= 0.6 is 0 Å². The van der Waals surface area contributed by atoms with E-state index in [1.54, 1.807) is 18.7 Å². The lowest BCUT2D eigenvalue weighted by molar-refractivity contribution is -0.157. The molecule has 140 valence electrons. The summed E-state index contributed by atoms with van der Waals surface area (Å²) in [4.78, 5) is 39.3. The highest BCUT2D eigenvalue weighted by Crippen LogP contribution is 2.46. The third kappa shape index (κ3) is 2.96. The average Bonchev–Trinajstić information content (AvgIpc) is 3.20. The van der Waals surface area contributed by atoms with Crippen LogP contribution in [0.2, 0.25) is 0 Å². The molecule has 0 unspecified atom stereocenters. The Hall–Kier alpha value is -2.41. The van der Waals surface area contributed by atoms with Crippen LogP contribution in [0, 0.1) is 17.8 Å². The molecule has 2 heterocycles. The van der Waals surface area contributed by atoms with Gasteiger partial charge in [0, 0.05) is 11.5 Å². The van der Waals surface area contributed by atoms with Crippen molar-refractivity contribution in [3.63, 3.8) is 0 Å². The lowest BCUT2D eigenvalue weighted by Crippen LogP contribution is -2.38. The molecule has 1 amide bonds. The number of esters is 2. The van der Waals surface area contributed by atoms with E-state index >= 15 is 0 Å². The molecule has 7 heteroatoms. The molecule has 1 aromatic carbocycles. The number of ether oxygens (including phenoxy) is 3. The first-order valence-corrected chi connectivity index (χ1v) is 8.74.